The molecule has 5 rings (SSSR count). The highest BCUT2D eigenvalue weighted by molar-refractivity contribution is 7.99. The van der Waals surface area contributed by atoms with Crippen molar-refractivity contribution in [2.24, 2.45) is 5.41 Å². The summed E-state index contributed by atoms with van der Waals surface area (Å²) in [6, 6.07) is 2.78. The molecule has 1 unspecified atom stereocenters. The normalized spacial score (nSPS) is 19.8. The van der Waals surface area contributed by atoms with Gasteiger partial charge in [-0.25, -0.2) is 4.98 Å². The van der Waals surface area contributed by atoms with Crippen molar-refractivity contribution < 1.29 is 19.2 Å². The highest BCUT2D eigenvalue weighted by atomic mass is 32.2. The molecule has 3 aliphatic rings. The van der Waals surface area contributed by atoms with E-state index < -0.39 is 16.4 Å². The Balaban J connectivity index is 1.78. The number of hydrogen-bond donors (Lipinski definition) is 2. The topological polar surface area (TPSA) is 136 Å². The number of rotatable bonds is 5. The van der Waals surface area contributed by atoms with E-state index in [1.807, 2.05) is 13.8 Å². The minimum absolute atomic E-state index is 0.0636. The molecule has 11 heteroatoms. The van der Waals surface area contributed by atoms with Gasteiger partial charge in [0.2, 0.25) is 6.79 Å². The van der Waals surface area contributed by atoms with Crippen molar-refractivity contribution in [3.05, 3.63) is 67.7 Å². The minimum atomic E-state index is -0.973. The maximum atomic E-state index is 13.4. The van der Waals surface area contributed by atoms with Crippen molar-refractivity contribution in [1.82, 2.24) is 9.97 Å². The number of nitrogens with one attached hydrogen (secondary N) is 2. The second-order valence-electron chi connectivity index (χ2n) is 9.15. The Kier molecular flexibility index (Phi) is 5.23. The molecule has 0 saturated heterocycles. The number of nitro groups is 1. The first-order valence-corrected chi connectivity index (χ1v) is 11.7. The molecule has 0 fully saturated rings. The van der Waals surface area contributed by atoms with Crippen molar-refractivity contribution in [2.75, 3.05) is 17.9 Å². The molecule has 0 saturated carbocycles. The Labute approximate surface area is 198 Å². The lowest BCUT2D eigenvalue weighted by atomic mass is 9.69. The number of aromatic amines is 1. The van der Waals surface area contributed by atoms with Crippen LogP contribution in [0.2, 0.25) is 0 Å². The number of anilines is 1. The van der Waals surface area contributed by atoms with Crippen molar-refractivity contribution >= 4 is 29.1 Å². The SMILES string of the molecule is C=CCSc1nc2c(c(=O)[nH]1)C(c1cc3c(cc1[N+](=O)[O-])OCO3)C1=C(CC(C)(C)CC1=O)N2. The van der Waals surface area contributed by atoms with Crippen LogP contribution >= 0.6 is 11.8 Å². The second-order valence-corrected chi connectivity index (χ2v) is 10.2. The zero-order valence-electron chi connectivity index (χ0n) is 18.6. The van der Waals surface area contributed by atoms with Crippen LogP contribution in [0.1, 0.15) is 43.7 Å². The summed E-state index contributed by atoms with van der Waals surface area (Å²) in [4.78, 5) is 45.6. The van der Waals surface area contributed by atoms with Gasteiger partial charge in [-0.2, -0.15) is 0 Å². The first kappa shape index (κ1) is 22.2. The fourth-order valence-corrected chi connectivity index (χ4v) is 5.34. The van der Waals surface area contributed by atoms with E-state index >= 15 is 0 Å². The number of nitrogens with zero attached hydrogens (tertiary/aromatic N) is 2. The number of thioether (sulfide) groups is 1. The minimum Gasteiger partial charge on any atom is -0.454 e. The van der Waals surface area contributed by atoms with E-state index in [1.165, 1.54) is 23.9 Å². The summed E-state index contributed by atoms with van der Waals surface area (Å²) in [5.41, 5.74) is 0.304. The summed E-state index contributed by atoms with van der Waals surface area (Å²) < 4.78 is 10.8. The fourth-order valence-electron chi connectivity index (χ4n) is 4.75. The van der Waals surface area contributed by atoms with E-state index in [2.05, 4.69) is 21.9 Å². The third-order valence-corrected chi connectivity index (χ3v) is 6.94. The van der Waals surface area contributed by atoms with Gasteiger partial charge in [0.25, 0.3) is 11.2 Å². The lowest BCUT2D eigenvalue weighted by Gasteiger charge is -2.38. The molecule has 2 aliphatic heterocycles. The van der Waals surface area contributed by atoms with Crippen LogP contribution in [-0.2, 0) is 4.79 Å². The van der Waals surface area contributed by atoms with Crippen LogP contribution in [0.25, 0.3) is 0 Å². The third kappa shape index (κ3) is 3.65. The fraction of sp³-hybridized carbons (Fsp3) is 0.348. The molecular formula is C23H22N4O6S. The molecule has 176 valence electrons. The van der Waals surface area contributed by atoms with Crippen LogP contribution in [0.15, 0.2) is 46.0 Å². The number of hydrogen-bond acceptors (Lipinski definition) is 9. The van der Waals surface area contributed by atoms with E-state index in [0.29, 0.717) is 34.3 Å². The number of aromatic nitrogens is 2. The average Bonchev–Trinajstić information content (AvgIpc) is 3.22. The molecule has 34 heavy (non-hydrogen) atoms. The Bertz CT molecular complexity index is 1350. The molecule has 0 amide bonds. The monoisotopic (exact) mass is 482 g/mol. The summed E-state index contributed by atoms with van der Waals surface area (Å²) in [6.07, 6.45) is 2.49. The summed E-state index contributed by atoms with van der Waals surface area (Å²) in [5.74, 6) is 0.270. The Morgan fingerprint density at radius 1 is 1.29 bits per heavy atom. The molecule has 10 nitrogen and oxygen atoms in total. The van der Waals surface area contributed by atoms with E-state index in [0.717, 1.165) is 0 Å². The van der Waals surface area contributed by atoms with Crippen LogP contribution in [0.3, 0.4) is 0 Å². The first-order chi connectivity index (χ1) is 16.2. The van der Waals surface area contributed by atoms with Gasteiger partial charge < -0.3 is 19.8 Å². The Morgan fingerprint density at radius 3 is 2.74 bits per heavy atom. The van der Waals surface area contributed by atoms with E-state index in [4.69, 9.17) is 9.47 Å². The van der Waals surface area contributed by atoms with Gasteiger partial charge in [0.1, 0.15) is 5.82 Å². The quantitative estimate of drug-likeness (QED) is 0.214. The van der Waals surface area contributed by atoms with Crippen LogP contribution < -0.4 is 20.3 Å². The molecule has 2 aromatic rings. The molecule has 0 spiro atoms. The van der Waals surface area contributed by atoms with E-state index in [1.54, 1.807) is 6.08 Å². The molecule has 3 heterocycles. The maximum Gasteiger partial charge on any atom is 0.277 e. The van der Waals surface area contributed by atoms with Gasteiger partial charge in [0.05, 0.1) is 22.5 Å². The standard InChI is InChI=1S/C23H22N4O6S/c1-4-5-34-22-25-20-19(21(29)26-22)17(18-12(24-20)8-23(2,3)9-14(18)28)11-6-15-16(33-10-32-15)7-13(11)27(30)31/h4,6-7,17H,1,5,8-10H2,2-3H3,(H2,24,25,26,29). The summed E-state index contributed by atoms with van der Waals surface area (Å²) in [7, 11) is 0. The van der Waals surface area contributed by atoms with Crippen LogP contribution in [0, 0.1) is 15.5 Å². The Morgan fingerprint density at radius 2 is 2.03 bits per heavy atom. The van der Waals surface area contributed by atoms with Gasteiger partial charge in [0, 0.05) is 29.0 Å². The van der Waals surface area contributed by atoms with Gasteiger partial charge in [-0.1, -0.05) is 31.7 Å². The van der Waals surface area contributed by atoms with Crippen molar-refractivity contribution in [1.29, 1.82) is 0 Å². The number of Topliss-reactive ketones (excluding diaryl/α,β-unsaturated/α-hetero) is 1. The maximum absolute atomic E-state index is 13.4. The van der Waals surface area contributed by atoms with Gasteiger partial charge >= 0.3 is 0 Å². The predicted molar refractivity (Wildman–Crippen MR) is 126 cm³/mol. The molecule has 0 bridgehead atoms. The molecule has 2 N–H and O–H groups in total. The lowest BCUT2D eigenvalue weighted by molar-refractivity contribution is -0.385. The molecule has 0 radical (unpaired) electrons. The van der Waals surface area contributed by atoms with E-state index in [9.17, 15) is 19.7 Å². The molecule has 1 aromatic heterocycles. The molecule has 1 aliphatic carbocycles. The third-order valence-electron chi connectivity index (χ3n) is 6.07. The van der Waals surface area contributed by atoms with Crippen molar-refractivity contribution in [2.45, 2.75) is 37.8 Å². The number of fused-ring (bicyclic) bond motifs is 2. The number of carbonyl (C=O) groups is 1. The van der Waals surface area contributed by atoms with Crippen LogP contribution in [-0.4, -0.2) is 33.2 Å². The molecule has 1 atom stereocenters. The van der Waals surface area contributed by atoms with Crippen molar-refractivity contribution in [3.63, 3.8) is 0 Å². The van der Waals surface area contributed by atoms with E-state index in [-0.39, 0.29) is 52.8 Å². The van der Waals surface area contributed by atoms with Crippen LogP contribution in [0.5, 0.6) is 11.5 Å². The van der Waals surface area contributed by atoms with Gasteiger partial charge in [-0.05, 0) is 17.9 Å². The summed E-state index contributed by atoms with van der Waals surface area (Å²) in [6.45, 7) is 7.59. The number of H-pyrrole nitrogens is 1. The van der Waals surface area contributed by atoms with Gasteiger partial charge in [-0.3, -0.25) is 19.7 Å². The first-order valence-electron chi connectivity index (χ1n) is 10.7. The largest absolute Gasteiger partial charge is 0.454 e. The number of carbonyl (C=O) groups excluding carboxylic acids is 1. The lowest BCUT2D eigenvalue weighted by Crippen LogP contribution is -2.37. The predicted octanol–water partition coefficient (Wildman–Crippen LogP) is 3.89. The highest BCUT2D eigenvalue weighted by Gasteiger charge is 2.45. The number of ketones is 1. The zero-order chi connectivity index (χ0) is 24.2. The van der Waals surface area contributed by atoms with Gasteiger partial charge in [0.15, 0.2) is 22.4 Å². The summed E-state index contributed by atoms with van der Waals surface area (Å²) in [5, 5.41) is 15.7. The number of nitro benzene ring substituents is 1. The smallest absolute Gasteiger partial charge is 0.277 e. The second kappa shape index (κ2) is 8.01. The number of ether oxygens (including phenoxy) is 2. The zero-order valence-corrected chi connectivity index (χ0v) is 19.4. The highest BCUT2D eigenvalue weighted by Crippen LogP contribution is 2.51. The number of benzene rings is 1. The van der Waals surface area contributed by atoms with Crippen LogP contribution in [0.4, 0.5) is 11.5 Å². The summed E-state index contributed by atoms with van der Waals surface area (Å²) >= 11 is 1.31. The average molecular weight is 483 g/mol. The Hall–Kier alpha value is -3.60. The molecule has 1 aromatic carbocycles. The molecular weight excluding hydrogens is 460 g/mol. The van der Waals surface area contributed by atoms with Gasteiger partial charge in [-0.15, -0.1) is 6.58 Å². The number of allylic oxidation sites excluding steroid dienone is 2. The van der Waals surface area contributed by atoms with Crippen molar-refractivity contribution in [3.8, 4) is 11.5 Å².